The standard InChI is InChI=1S/C10H20N2O4/c1-10(2,3)7(6-13)11-8(14)4-5-9(15)12-16/h7,13,16H,4-6H2,1-3H3,(H,11,14)(H,12,15)/t7-/m1/s1. The van der Waals surface area contributed by atoms with Gasteiger partial charge in [0.05, 0.1) is 12.6 Å². The van der Waals surface area contributed by atoms with Crippen molar-refractivity contribution in [1.29, 1.82) is 0 Å². The highest BCUT2D eigenvalue weighted by molar-refractivity contribution is 5.83. The molecule has 0 aromatic heterocycles. The number of carbonyl (C=O) groups excluding carboxylic acids is 2. The number of aliphatic hydroxyl groups is 1. The third kappa shape index (κ3) is 5.67. The quantitative estimate of drug-likeness (QED) is 0.389. The first-order valence-corrected chi connectivity index (χ1v) is 5.14. The van der Waals surface area contributed by atoms with E-state index in [0.29, 0.717) is 0 Å². The van der Waals surface area contributed by atoms with Crippen LogP contribution in [0.25, 0.3) is 0 Å². The normalized spacial score (nSPS) is 13.1. The van der Waals surface area contributed by atoms with Crippen LogP contribution < -0.4 is 10.8 Å². The average Bonchev–Trinajstić information content (AvgIpc) is 2.20. The van der Waals surface area contributed by atoms with Crippen LogP contribution in [0.5, 0.6) is 0 Å². The van der Waals surface area contributed by atoms with Gasteiger partial charge in [0, 0.05) is 12.8 Å². The van der Waals surface area contributed by atoms with E-state index in [0.717, 1.165) is 0 Å². The lowest BCUT2D eigenvalue weighted by Gasteiger charge is -2.29. The average molecular weight is 232 g/mol. The van der Waals surface area contributed by atoms with Crippen molar-refractivity contribution in [2.24, 2.45) is 5.41 Å². The van der Waals surface area contributed by atoms with Crippen molar-refractivity contribution in [1.82, 2.24) is 10.8 Å². The monoisotopic (exact) mass is 232 g/mol. The minimum atomic E-state index is -0.605. The largest absolute Gasteiger partial charge is 0.394 e. The first-order valence-electron chi connectivity index (χ1n) is 5.14. The molecule has 0 unspecified atom stereocenters. The molecule has 0 radical (unpaired) electrons. The van der Waals surface area contributed by atoms with Crippen molar-refractivity contribution < 1.29 is 19.9 Å². The molecule has 6 nitrogen and oxygen atoms in total. The van der Waals surface area contributed by atoms with Gasteiger partial charge >= 0.3 is 0 Å². The Kier molecular flexibility index (Phi) is 5.98. The second-order valence-corrected chi connectivity index (χ2v) is 4.70. The molecule has 94 valence electrons. The van der Waals surface area contributed by atoms with E-state index < -0.39 is 5.91 Å². The van der Waals surface area contributed by atoms with Gasteiger partial charge in [0.1, 0.15) is 0 Å². The van der Waals surface area contributed by atoms with E-state index >= 15 is 0 Å². The first kappa shape index (κ1) is 14.9. The second-order valence-electron chi connectivity index (χ2n) is 4.70. The Morgan fingerprint density at radius 2 is 1.69 bits per heavy atom. The minimum Gasteiger partial charge on any atom is -0.394 e. The molecule has 0 bridgehead atoms. The number of hydrogen-bond donors (Lipinski definition) is 4. The highest BCUT2D eigenvalue weighted by Crippen LogP contribution is 2.18. The van der Waals surface area contributed by atoms with Gasteiger partial charge in [0.25, 0.3) is 0 Å². The van der Waals surface area contributed by atoms with Gasteiger partial charge in [-0.2, -0.15) is 0 Å². The van der Waals surface area contributed by atoms with Gasteiger partial charge in [-0.05, 0) is 5.41 Å². The van der Waals surface area contributed by atoms with Gasteiger partial charge in [0.15, 0.2) is 0 Å². The fourth-order valence-electron chi connectivity index (χ4n) is 1.09. The molecule has 0 rings (SSSR count). The van der Waals surface area contributed by atoms with Gasteiger partial charge in [-0.1, -0.05) is 20.8 Å². The summed E-state index contributed by atoms with van der Waals surface area (Å²) in [6.07, 6.45) is -0.0937. The van der Waals surface area contributed by atoms with E-state index in [2.05, 4.69) is 5.32 Å². The van der Waals surface area contributed by atoms with Crippen LogP contribution in [-0.4, -0.2) is 34.8 Å². The number of nitrogens with one attached hydrogen (secondary N) is 2. The smallest absolute Gasteiger partial charge is 0.243 e. The summed E-state index contributed by atoms with van der Waals surface area (Å²) in [5.41, 5.74) is 1.20. The number of aliphatic hydroxyl groups excluding tert-OH is 1. The third-order valence-corrected chi connectivity index (χ3v) is 2.27. The molecule has 0 aliphatic rings. The van der Waals surface area contributed by atoms with E-state index in [9.17, 15) is 9.59 Å². The summed E-state index contributed by atoms with van der Waals surface area (Å²) in [6.45, 7) is 5.54. The summed E-state index contributed by atoms with van der Waals surface area (Å²) in [6, 6.07) is -0.350. The van der Waals surface area contributed by atoms with E-state index in [1.807, 2.05) is 20.8 Å². The molecule has 0 fully saturated rings. The van der Waals surface area contributed by atoms with Crippen LogP contribution in [0.1, 0.15) is 33.6 Å². The Balaban J connectivity index is 4.07. The van der Waals surface area contributed by atoms with Crippen molar-refractivity contribution in [3.8, 4) is 0 Å². The fourth-order valence-corrected chi connectivity index (χ4v) is 1.09. The van der Waals surface area contributed by atoms with Crippen LogP contribution >= 0.6 is 0 Å². The summed E-state index contributed by atoms with van der Waals surface area (Å²) in [4.78, 5) is 22.1. The summed E-state index contributed by atoms with van der Waals surface area (Å²) in [5.74, 6) is -0.927. The molecule has 2 amide bonds. The topological polar surface area (TPSA) is 98.7 Å². The molecule has 0 aliphatic carbocycles. The molecule has 4 N–H and O–H groups in total. The van der Waals surface area contributed by atoms with Crippen molar-refractivity contribution in [2.75, 3.05) is 6.61 Å². The van der Waals surface area contributed by atoms with Crippen LogP contribution in [-0.2, 0) is 9.59 Å². The summed E-state index contributed by atoms with van der Waals surface area (Å²) >= 11 is 0. The van der Waals surface area contributed by atoms with Crippen molar-refractivity contribution in [3.63, 3.8) is 0 Å². The second kappa shape index (κ2) is 6.44. The molecular weight excluding hydrogens is 212 g/mol. The first-order chi connectivity index (χ1) is 7.31. The van der Waals surface area contributed by atoms with Crippen molar-refractivity contribution in [2.45, 2.75) is 39.7 Å². The Hall–Kier alpha value is -1.14. The van der Waals surface area contributed by atoms with Crippen LogP contribution in [0.2, 0.25) is 0 Å². The Labute approximate surface area is 95.0 Å². The predicted molar refractivity (Wildman–Crippen MR) is 57.6 cm³/mol. The van der Waals surface area contributed by atoms with Crippen LogP contribution in [0.3, 0.4) is 0 Å². The molecule has 1 atom stereocenters. The zero-order valence-electron chi connectivity index (χ0n) is 9.91. The van der Waals surface area contributed by atoms with E-state index in [4.69, 9.17) is 10.3 Å². The molecule has 0 aromatic carbocycles. The zero-order chi connectivity index (χ0) is 12.8. The minimum absolute atomic E-state index is 0.0149. The number of hydroxylamine groups is 1. The summed E-state index contributed by atoms with van der Waals surface area (Å²) in [7, 11) is 0. The Morgan fingerprint density at radius 1 is 1.19 bits per heavy atom. The molecule has 0 spiro atoms. The van der Waals surface area contributed by atoms with Gasteiger partial charge in [-0.3, -0.25) is 14.8 Å². The van der Waals surface area contributed by atoms with Gasteiger partial charge in [-0.15, -0.1) is 0 Å². The summed E-state index contributed by atoms with van der Waals surface area (Å²) in [5, 5.41) is 20.0. The lowest BCUT2D eigenvalue weighted by atomic mass is 9.87. The van der Waals surface area contributed by atoms with Crippen LogP contribution in [0.15, 0.2) is 0 Å². The maximum Gasteiger partial charge on any atom is 0.243 e. The van der Waals surface area contributed by atoms with E-state index in [-0.39, 0.29) is 36.8 Å². The van der Waals surface area contributed by atoms with Gasteiger partial charge < -0.3 is 10.4 Å². The Morgan fingerprint density at radius 3 is 2.06 bits per heavy atom. The number of amides is 2. The predicted octanol–water partition coefficient (Wildman–Crippen LogP) is -0.205. The highest BCUT2D eigenvalue weighted by Gasteiger charge is 2.25. The fraction of sp³-hybridized carbons (Fsp3) is 0.800. The number of hydrogen-bond acceptors (Lipinski definition) is 4. The molecule has 0 aliphatic heterocycles. The van der Waals surface area contributed by atoms with Crippen LogP contribution in [0, 0.1) is 5.41 Å². The maximum absolute atomic E-state index is 11.4. The van der Waals surface area contributed by atoms with Crippen LogP contribution in [0.4, 0.5) is 0 Å². The molecule has 6 heteroatoms. The molecule has 0 aromatic rings. The van der Waals surface area contributed by atoms with Crippen molar-refractivity contribution >= 4 is 11.8 Å². The van der Waals surface area contributed by atoms with E-state index in [1.165, 1.54) is 5.48 Å². The number of carbonyl (C=O) groups is 2. The maximum atomic E-state index is 11.4. The third-order valence-electron chi connectivity index (χ3n) is 2.27. The lowest BCUT2D eigenvalue weighted by Crippen LogP contribution is -2.46. The zero-order valence-corrected chi connectivity index (χ0v) is 9.91. The number of rotatable bonds is 5. The lowest BCUT2D eigenvalue weighted by molar-refractivity contribution is -0.132. The molecular formula is C10H20N2O4. The highest BCUT2D eigenvalue weighted by atomic mass is 16.5. The van der Waals surface area contributed by atoms with Gasteiger partial charge in [-0.25, -0.2) is 5.48 Å². The molecule has 0 saturated carbocycles. The molecule has 16 heavy (non-hydrogen) atoms. The molecule has 0 saturated heterocycles. The van der Waals surface area contributed by atoms with E-state index in [1.54, 1.807) is 0 Å². The SMILES string of the molecule is CC(C)(C)[C@@H](CO)NC(=O)CCC(=O)NO. The summed E-state index contributed by atoms with van der Waals surface area (Å²) < 4.78 is 0. The Bertz CT molecular complexity index is 248. The molecule has 0 heterocycles. The van der Waals surface area contributed by atoms with Gasteiger partial charge in [0.2, 0.25) is 11.8 Å². The van der Waals surface area contributed by atoms with Crippen molar-refractivity contribution in [3.05, 3.63) is 0 Å².